The number of fused-ring (bicyclic) bond motifs is 1. The predicted octanol–water partition coefficient (Wildman–Crippen LogP) is 2.80. The first-order valence-electron chi connectivity index (χ1n) is 9.18. The molecule has 7 nitrogen and oxygen atoms in total. The first-order chi connectivity index (χ1) is 12.9. The van der Waals surface area contributed by atoms with Gasteiger partial charge in [0.15, 0.2) is 5.82 Å². The maximum Gasteiger partial charge on any atom is 0.161 e. The van der Waals surface area contributed by atoms with Gasteiger partial charge in [0.25, 0.3) is 0 Å². The van der Waals surface area contributed by atoms with Crippen LogP contribution in [0.3, 0.4) is 0 Å². The van der Waals surface area contributed by atoms with Gasteiger partial charge in [0.2, 0.25) is 0 Å². The van der Waals surface area contributed by atoms with Gasteiger partial charge in [-0.25, -0.2) is 9.97 Å². The van der Waals surface area contributed by atoms with Crippen molar-refractivity contribution < 1.29 is 0 Å². The molecular weight excluding hydrogens is 338 g/mol. The van der Waals surface area contributed by atoms with Crippen molar-refractivity contribution in [3.63, 3.8) is 0 Å². The van der Waals surface area contributed by atoms with E-state index < -0.39 is 0 Å². The topological polar surface area (TPSA) is 82.6 Å². The van der Waals surface area contributed by atoms with E-state index in [4.69, 9.17) is 9.97 Å². The Morgan fingerprint density at radius 3 is 2.59 bits per heavy atom. The lowest BCUT2D eigenvalue weighted by atomic mass is 9.92. The predicted molar refractivity (Wildman–Crippen MR) is 105 cm³/mol. The van der Waals surface area contributed by atoms with Crippen LogP contribution < -0.4 is 10.2 Å². The molecule has 7 heteroatoms. The summed E-state index contributed by atoms with van der Waals surface area (Å²) in [6.07, 6.45) is 3.54. The van der Waals surface area contributed by atoms with E-state index in [9.17, 15) is 0 Å². The van der Waals surface area contributed by atoms with Gasteiger partial charge in [-0.3, -0.25) is 10.1 Å². The highest BCUT2D eigenvalue weighted by Gasteiger charge is 2.23. The van der Waals surface area contributed by atoms with Gasteiger partial charge in [-0.1, -0.05) is 20.8 Å². The molecule has 3 aromatic heterocycles. The van der Waals surface area contributed by atoms with Gasteiger partial charge in [-0.2, -0.15) is 5.10 Å². The fourth-order valence-electron chi connectivity index (χ4n) is 3.25. The average Bonchev–Trinajstić information content (AvgIpc) is 3.30. The molecule has 1 aliphatic heterocycles. The van der Waals surface area contributed by atoms with Crippen LogP contribution in [0.5, 0.6) is 0 Å². The molecule has 4 heterocycles. The number of hydrogen-bond donors (Lipinski definition) is 2. The molecule has 0 aromatic carbocycles. The number of nitrogens with zero attached hydrogens (tertiary/aromatic N) is 5. The molecule has 0 saturated carbocycles. The Hall–Kier alpha value is -2.80. The number of aromatic amines is 1. The lowest BCUT2D eigenvalue weighted by Gasteiger charge is -2.21. The van der Waals surface area contributed by atoms with Crippen molar-refractivity contribution in [2.24, 2.45) is 0 Å². The molecule has 0 fully saturated rings. The molecular formula is C20H25N7. The van der Waals surface area contributed by atoms with Gasteiger partial charge in [-0.15, -0.1) is 0 Å². The maximum absolute atomic E-state index is 4.88. The molecule has 0 amide bonds. The summed E-state index contributed by atoms with van der Waals surface area (Å²) in [5, 5.41) is 11.0. The highest BCUT2D eigenvalue weighted by atomic mass is 15.2. The van der Waals surface area contributed by atoms with Crippen molar-refractivity contribution in [3.8, 4) is 11.4 Å². The van der Waals surface area contributed by atoms with Crippen LogP contribution in [0.15, 0.2) is 30.6 Å². The van der Waals surface area contributed by atoms with E-state index in [1.54, 1.807) is 12.4 Å². The lowest BCUT2D eigenvalue weighted by Crippen LogP contribution is -2.21. The van der Waals surface area contributed by atoms with Crippen LogP contribution in [0.25, 0.3) is 11.4 Å². The largest absolute Gasteiger partial charge is 0.353 e. The molecule has 0 saturated heterocycles. The summed E-state index contributed by atoms with van der Waals surface area (Å²) < 4.78 is 0. The molecule has 0 unspecified atom stereocenters. The zero-order valence-electron chi connectivity index (χ0n) is 16.2. The normalized spacial score (nSPS) is 13.6. The summed E-state index contributed by atoms with van der Waals surface area (Å²) >= 11 is 0. The summed E-state index contributed by atoms with van der Waals surface area (Å²) in [6, 6.07) is 6.02. The monoisotopic (exact) mass is 363 g/mol. The molecule has 3 aromatic rings. The molecule has 0 spiro atoms. The molecule has 0 bridgehead atoms. The molecule has 0 aliphatic carbocycles. The van der Waals surface area contributed by atoms with Crippen molar-refractivity contribution in [1.82, 2.24) is 30.5 Å². The molecule has 4 rings (SSSR count). The van der Waals surface area contributed by atoms with Crippen molar-refractivity contribution in [3.05, 3.63) is 53.2 Å². The Labute approximate surface area is 159 Å². The highest BCUT2D eigenvalue weighted by Crippen LogP contribution is 2.28. The van der Waals surface area contributed by atoms with Crippen LogP contribution in [0.4, 0.5) is 5.82 Å². The number of H-pyrrole nitrogens is 1. The van der Waals surface area contributed by atoms with Crippen LogP contribution in [0.2, 0.25) is 0 Å². The van der Waals surface area contributed by atoms with E-state index in [1.807, 2.05) is 12.1 Å². The highest BCUT2D eigenvalue weighted by molar-refractivity contribution is 5.60. The minimum Gasteiger partial charge on any atom is -0.353 e. The number of anilines is 1. The summed E-state index contributed by atoms with van der Waals surface area (Å²) in [5.74, 6) is 1.70. The van der Waals surface area contributed by atoms with E-state index in [2.05, 4.69) is 59.3 Å². The fourth-order valence-corrected chi connectivity index (χ4v) is 3.25. The molecule has 0 radical (unpaired) electrons. The van der Waals surface area contributed by atoms with Crippen LogP contribution in [0.1, 0.15) is 43.4 Å². The third-order valence-corrected chi connectivity index (χ3v) is 4.77. The zero-order valence-corrected chi connectivity index (χ0v) is 16.2. The number of rotatable bonds is 4. The minimum absolute atomic E-state index is 0.0297. The summed E-state index contributed by atoms with van der Waals surface area (Å²) in [7, 11) is 2.06. The third-order valence-electron chi connectivity index (χ3n) is 4.77. The van der Waals surface area contributed by atoms with Crippen LogP contribution in [0, 0.1) is 0 Å². The molecule has 1 aliphatic rings. The molecule has 0 atom stereocenters. The van der Waals surface area contributed by atoms with Gasteiger partial charge in [0.1, 0.15) is 5.82 Å². The molecule has 2 N–H and O–H groups in total. The third kappa shape index (κ3) is 3.55. The smallest absolute Gasteiger partial charge is 0.161 e. The number of pyridine rings is 1. The molecule has 27 heavy (non-hydrogen) atoms. The Morgan fingerprint density at radius 2 is 1.89 bits per heavy atom. The van der Waals surface area contributed by atoms with Crippen molar-refractivity contribution >= 4 is 5.82 Å². The van der Waals surface area contributed by atoms with Gasteiger partial charge >= 0.3 is 0 Å². The van der Waals surface area contributed by atoms with Gasteiger partial charge in [0, 0.05) is 49.1 Å². The van der Waals surface area contributed by atoms with Crippen molar-refractivity contribution in [1.29, 1.82) is 0 Å². The van der Waals surface area contributed by atoms with Gasteiger partial charge in [-0.05, 0) is 18.2 Å². The summed E-state index contributed by atoms with van der Waals surface area (Å²) in [4.78, 5) is 15.9. The Bertz CT molecular complexity index is 941. The van der Waals surface area contributed by atoms with Crippen LogP contribution in [-0.4, -0.2) is 32.2 Å². The summed E-state index contributed by atoms with van der Waals surface area (Å²) in [6.45, 7) is 8.78. The zero-order chi connectivity index (χ0) is 19.0. The number of hydrogen-bond acceptors (Lipinski definition) is 6. The Balaban J connectivity index is 1.66. The Morgan fingerprint density at radius 1 is 1.11 bits per heavy atom. The van der Waals surface area contributed by atoms with E-state index in [-0.39, 0.29) is 5.41 Å². The average molecular weight is 363 g/mol. The second-order valence-corrected chi connectivity index (χ2v) is 8.02. The first kappa shape index (κ1) is 17.6. The standard InChI is InChI=1S/C20H25N7/c1-20(2,3)17-9-14(25-26-17)12-27(4)19-15-10-22-11-16(15)23-18(24-19)13-5-7-21-8-6-13/h5-9,22H,10-12H2,1-4H3,(H,25,26). The van der Waals surface area contributed by atoms with Gasteiger partial charge in [0.05, 0.1) is 23.6 Å². The fraction of sp³-hybridized carbons (Fsp3) is 0.400. The first-order valence-corrected chi connectivity index (χ1v) is 9.18. The minimum atomic E-state index is 0.0297. The van der Waals surface area contributed by atoms with E-state index in [1.165, 1.54) is 5.56 Å². The summed E-state index contributed by atoms with van der Waals surface area (Å²) in [5.41, 5.74) is 5.39. The van der Waals surface area contributed by atoms with Crippen LogP contribution >= 0.6 is 0 Å². The van der Waals surface area contributed by atoms with E-state index in [0.29, 0.717) is 6.54 Å². The van der Waals surface area contributed by atoms with E-state index in [0.717, 1.165) is 47.4 Å². The van der Waals surface area contributed by atoms with Gasteiger partial charge < -0.3 is 10.2 Å². The number of aromatic nitrogens is 5. The quantitative estimate of drug-likeness (QED) is 0.742. The lowest BCUT2D eigenvalue weighted by molar-refractivity contribution is 0.567. The number of nitrogens with one attached hydrogen (secondary N) is 2. The van der Waals surface area contributed by atoms with E-state index >= 15 is 0 Å². The second-order valence-electron chi connectivity index (χ2n) is 8.02. The van der Waals surface area contributed by atoms with Crippen molar-refractivity contribution in [2.75, 3.05) is 11.9 Å². The molecule has 140 valence electrons. The maximum atomic E-state index is 4.88. The SMILES string of the molecule is CN(Cc1cc(C(C)(C)C)n[nH]1)c1nc(-c2ccncc2)nc2c1CNC2. The second kappa shape index (κ2) is 6.74. The van der Waals surface area contributed by atoms with Crippen molar-refractivity contribution in [2.45, 2.75) is 45.8 Å². The Kier molecular flexibility index (Phi) is 4.39. The van der Waals surface area contributed by atoms with Crippen LogP contribution in [-0.2, 0) is 25.0 Å².